The van der Waals surface area contributed by atoms with E-state index in [9.17, 15) is 4.79 Å². The topological polar surface area (TPSA) is 54.0 Å². The molecular weight excluding hydrogens is 260 g/mol. The average Bonchev–Trinajstić information content (AvgIpc) is 2.38. The van der Waals surface area contributed by atoms with Crippen LogP contribution in [-0.4, -0.2) is 58.6 Å². The van der Waals surface area contributed by atoms with Crippen molar-refractivity contribution in [2.45, 2.75) is 33.6 Å². The van der Waals surface area contributed by atoms with Gasteiger partial charge in [-0.15, -0.1) is 0 Å². The summed E-state index contributed by atoms with van der Waals surface area (Å²) in [4.78, 5) is 10.6. The Morgan fingerprint density at radius 1 is 0.750 bits per heavy atom. The quantitative estimate of drug-likeness (QED) is 0.432. The molecule has 5 heteroatoms. The Morgan fingerprint density at radius 3 is 1.55 bits per heavy atom. The fourth-order valence-corrected chi connectivity index (χ4v) is 1.30. The number of carbonyl (C=O) groups is 1. The number of ketones is 1. The van der Waals surface area contributed by atoms with Gasteiger partial charge in [-0.05, 0) is 19.3 Å². The predicted molar refractivity (Wildman–Crippen MR) is 78.0 cm³/mol. The van der Waals surface area contributed by atoms with Crippen molar-refractivity contribution in [2.24, 2.45) is 5.92 Å². The Bertz CT molecular complexity index is 218. The third-order valence-electron chi connectivity index (χ3n) is 2.55. The molecule has 0 unspecified atom stereocenters. The summed E-state index contributed by atoms with van der Waals surface area (Å²) in [5.41, 5.74) is 0. The summed E-state index contributed by atoms with van der Waals surface area (Å²) < 4.78 is 21.3. The molecule has 0 spiro atoms. The summed E-state index contributed by atoms with van der Waals surface area (Å²) in [6.45, 7) is 10.6. The lowest BCUT2D eigenvalue weighted by molar-refractivity contribution is -0.118. The second-order valence-electron chi connectivity index (χ2n) is 5.08. The largest absolute Gasteiger partial charge is 0.379 e. The summed E-state index contributed by atoms with van der Waals surface area (Å²) in [5, 5.41) is 0. The van der Waals surface area contributed by atoms with Crippen molar-refractivity contribution < 1.29 is 23.7 Å². The van der Waals surface area contributed by atoms with Crippen LogP contribution >= 0.6 is 0 Å². The van der Waals surface area contributed by atoms with Gasteiger partial charge in [-0.2, -0.15) is 0 Å². The van der Waals surface area contributed by atoms with Crippen molar-refractivity contribution in [3.8, 4) is 0 Å². The maximum Gasteiger partial charge on any atom is 0.132 e. The summed E-state index contributed by atoms with van der Waals surface area (Å²) in [6.07, 6.45) is 1.56. The number of ether oxygens (including phenoxy) is 4. The molecule has 5 nitrogen and oxygen atoms in total. The lowest BCUT2D eigenvalue weighted by atomic mass is 10.1. The van der Waals surface area contributed by atoms with Gasteiger partial charge >= 0.3 is 0 Å². The van der Waals surface area contributed by atoms with E-state index in [1.165, 1.54) is 0 Å². The molecule has 0 amide bonds. The van der Waals surface area contributed by atoms with Gasteiger partial charge in [-0.3, -0.25) is 4.79 Å². The van der Waals surface area contributed by atoms with Gasteiger partial charge < -0.3 is 18.9 Å². The zero-order chi connectivity index (χ0) is 15.1. The van der Waals surface area contributed by atoms with Crippen LogP contribution in [0, 0.1) is 5.92 Å². The van der Waals surface area contributed by atoms with Crippen LogP contribution in [0.25, 0.3) is 0 Å². The minimum absolute atomic E-state index is 0.148. The standard InChI is InChI=1S/C15H30O5/c1-14(2)4-6-17-8-10-19-12-13-20-11-9-18-7-5-15(3)16/h14H,4-13H2,1-3H3. The lowest BCUT2D eigenvalue weighted by Gasteiger charge is -2.08. The molecule has 0 rings (SSSR count). The second kappa shape index (κ2) is 14.9. The molecule has 0 radical (unpaired) electrons. The Hall–Kier alpha value is -0.490. The zero-order valence-electron chi connectivity index (χ0n) is 13.2. The molecule has 0 heterocycles. The fourth-order valence-electron chi connectivity index (χ4n) is 1.30. The van der Waals surface area contributed by atoms with Gasteiger partial charge in [0.15, 0.2) is 0 Å². The van der Waals surface area contributed by atoms with E-state index in [1.54, 1.807) is 6.92 Å². The maximum absolute atomic E-state index is 10.6. The molecule has 0 N–H and O–H groups in total. The minimum atomic E-state index is 0.148. The van der Waals surface area contributed by atoms with Gasteiger partial charge in [-0.1, -0.05) is 13.8 Å². The minimum Gasteiger partial charge on any atom is -0.379 e. The van der Waals surface area contributed by atoms with E-state index in [4.69, 9.17) is 18.9 Å². The monoisotopic (exact) mass is 290 g/mol. The van der Waals surface area contributed by atoms with E-state index in [1.807, 2.05) is 0 Å². The summed E-state index contributed by atoms with van der Waals surface area (Å²) in [5.74, 6) is 0.830. The van der Waals surface area contributed by atoms with Crippen molar-refractivity contribution in [1.82, 2.24) is 0 Å². The van der Waals surface area contributed by atoms with Crippen molar-refractivity contribution in [2.75, 3.05) is 52.9 Å². The highest BCUT2D eigenvalue weighted by Crippen LogP contribution is 1.98. The van der Waals surface area contributed by atoms with Crippen molar-refractivity contribution >= 4 is 5.78 Å². The number of hydrogen-bond acceptors (Lipinski definition) is 5. The number of Topliss-reactive ketones (excluding diaryl/α,β-unsaturated/α-hetero) is 1. The van der Waals surface area contributed by atoms with Gasteiger partial charge in [0.2, 0.25) is 0 Å². The van der Waals surface area contributed by atoms with Crippen molar-refractivity contribution in [1.29, 1.82) is 0 Å². The molecule has 120 valence electrons. The molecule has 0 aliphatic heterocycles. The molecular formula is C15H30O5. The van der Waals surface area contributed by atoms with Crippen LogP contribution in [0.1, 0.15) is 33.6 Å². The molecule has 0 atom stereocenters. The first-order valence-electron chi connectivity index (χ1n) is 7.43. The highest BCUT2D eigenvalue weighted by molar-refractivity contribution is 5.75. The van der Waals surface area contributed by atoms with E-state index in [2.05, 4.69) is 13.8 Å². The van der Waals surface area contributed by atoms with E-state index < -0.39 is 0 Å². The van der Waals surface area contributed by atoms with Crippen LogP contribution in [0.15, 0.2) is 0 Å². The number of rotatable bonds is 15. The van der Waals surface area contributed by atoms with Crippen LogP contribution in [0.4, 0.5) is 0 Å². The van der Waals surface area contributed by atoms with Crippen LogP contribution in [0.3, 0.4) is 0 Å². The molecule has 0 aromatic heterocycles. The summed E-state index contributed by atoms with van der Waals surface area (Å²) in [6, 6.07) is 0. The molecule has 20 heavy (non-hydrogen) atoms. The van der Waals surface area contributed by atoms with Gasteiger partial charge in [0.05, 0.1) is 46.2 Å². The molecule has 0 saturated heterocycles. The maximum atomic E-state index is 10.6. The van der Waals surface area contributed by atoms with Crippen molar-refractivity contribution in [3.63, 3.8) is 0 Å². The van der Waals surface area contributed by atoms with Gasteiger partial charge in [0.1, 0.15) is 5.78 Å². The van der Waals surface area contributed by atoms with Gasteiger partial charge in [0.25, 0.3) is 0 Å². The molecule has 0 aromatic rings. The molecule has 0 aliphatic carbocycles. The third-order valence-corrected chi connectivity index (χ3v) is 2.55. The normalized spacial score (nSPS) is 11.2. The Balaban J connectivity index is 2.97. The lowest BCUT2D eigenvalue weighted by Crippen LogP contribution is -2.13. The van der Waals surface area contributed by atoms with E-state index in [0.29, 0.717) is 58.6 Å². The summed E-state index contributed by atoms with van der Waals surface area (Å²) in [7, 11) is 0. The Morgan fingerprint density at radius 2 is 1.15 bits per heavy atom. The van der Waals surface area contributed by atoms with Crippen LogP contribution in [0.5, 0.6) is 0 Å². The SMILES string of the molecule is CC(=O)CCOCCOCCOCCOCCC(C)C. The number of carbonyl (C=O) groups excluding carboxylic acids is 1. The van der Waals surface area contributed by atoms with Crippen molar-refractivity contribution in [3.05, 3.63) is 0 Å². The second-order valence-corrected chi connectivity index (χ2v) is 5.08. The molecule has 0 bridgehead atoms. The van der Waals surface area contributed by atoms with Crippen LogP contribution in [-0.2, 0) is 23.7 Å². The number of hydrogen-bond donors (Lipinski definition) is 0. The molecule has 0 aromatic carbocycles. The fraction of sp³-hybridized carbons (Fsp3) is 0.933. The van der Waals surface area contributed by atoms with Gasteiger partial charge in [-0.25, -0.2) is 0 Å². The highest BCUT2D eigenvalue weighted by atomic mass is 16.6. The molecule has 0 fully saturated rings. The third kappa shape index (κ3) is 17.5. The Kier molecular flexibility index (Phi) is 14.5. The van der Waals surface area contributed by atoms with E-state index in [0.717, 1.165) is 13.0 Å². The van der Waals surface area contributed by atoms with Gasteiger partial charge in [0, 0.05) is 13.0 Å². The summed E-state index contributed by atoms with van der Waals surface area (Å²) >= 11 is 0. The zero-order valence-corrected chi connectivity index (χ0v) is 13.2. The first-order valence-corrected chi connectivity index (χ1v) is 7.43. The van der Waals surface area contributed by atoms with Crippen LogP contribution in [0.2, 0.25) is 0 Å². The first kappa shape index (κ1) is 19.5. The van der Waals surface area contributed by atoms with E-state index in [-0.39, 0.29) is 5.78 Å². The first-order chi connectivity index (χ1) is 9.63. The highest BCUT2D eigenvalue weighted by Gasteiger charge is 1.95. The van der Waals surface area contributed by atoms with E-state index >= 15 is 0 Å². The average molecular weight is 290 g/mol. The Labute approximate surface area is 122 Å². The molecule has 0 aliphatic rings. The smallest absolute Gasteiger partial charge is 0.132 e. The predicted octanol–water partition coefficient (Wildman–Crippen LogP) is 2.08. The van der Waals surface area contributed by atoms with Crippen LogP contribution < -0.4 is 0 Å². The molecule has 0 saturated carbocycles.